The quantitative estimate of drug-likeness (QED) is 0.648. The van der Waals surface area contributed by atoms with E-state index >= 15 is 0 Å². The number of benzene rings is 1. The van der Waals surface area contributed by atoms with Crippen LogP contribution in [0, 0.1) is 0 Å². The molecule has 1 N–H and O–H groups in total. The fourth-order valence-corrected chi connectivity index (χ4v) is 4.78. The Morgan fingerprint density at radius 1 is 1.10 bits per heavy atom. The van der Waals surface area contributed by atoms with Gasteiger partial charge in [0.15, 0.2) is 15.5 Å². The van der Waals surface area contributed by atoms with Gasteiger partial charge in [0.2, 0.25) is 5.88 Å². The van der Waals surface area contributed by atoms with Crippen molar-refractivity contribution in [3.05, 3.63) is 53.9 Å². The summed E-state index contributed by atoms with van der Waals surface area (Å²) < 4.78 is 66.1. The summed E-state index contributed by atoms with van der Waals surface area (Å²) in [5.74, 6) is -0.307. The number of fused-ring (bicyclic) bond motifs is 1. The zero-order valence-corrected chi connectivity index (χ0v) is 16.6. The maximum Gasteiger partial charge on any atom is 0.435 e. The van der Waals surface area contributed by atoms with Crippen LogP contribution in [-0.4, -0.2) is 47.1 Å². The molecule has 2 aromatic heterocycles. The van der Waals surface area contributed by atoms with E-state index in [1.165, 1.54) is 12.1 Å². The van der Waals surface area contributed by atoms with E-state index in [9.17, 15) is 26.4 Å². The standard InChI is InChI=1S/C19H15F3N4O4S/c20-19(21,22)16-5-6-17(26-25-16)30-13-2-4-14-11(9-13)1-3-15(24-14)18(27)23-12-7-8-31(28,29)10-12/h1-6,9,12H,7-8,10H2,(H,23,27). The summed E-state index contributed by atoms with van der Waals surface area (Å²) in [6.07, 6.45) is -4.22. The van der Waals surface area contributed by atoms with Gasteiger partial charge in [-0.1, -0.05) is 6.07 Å². The molecule has 1 amide bonds. The molecule has 1 aliphatic rings. The first-order valence-electron chi connectivity index (χ1n) is 9.10. The van der Waals surface area contributed by atoms with Crippen molar-refractivity contribution < 1.29 is 31.1 Å². The molecule has 1 saturated heterocycles. The Morgan fingerprint density at radius 3 is 2.55 bits per heavy atom. The number of aromatic nitrogens is 3. The van der Waals surface area contributed by atoms with Gasteiger partial charge in [0.05, 0.1) is 17.0 Å². The number of rotatable bonds is 4. The highest BCUT2D eigenvalue weighted by Gasteiger charge is 2.33. The maximum absolute atomic E-state index is 12.6. The molecule has 0 bridgehead atoms. The average Bonchev–Trinajstić information content (AvgIpc) is 3.05. The zero-order valence-electron chi connectivity index (χ0n) is 15.8. The lowest BCUT2D eigenvalue weighted by molar-refractivity contribution is -0.141. The van der Waals surface area contributed by atoms with Crippen LogP contribution >= 0.6 is 0 Å². The van der Waals surface area contributed by atoms with Crippen LogP contribution in [0.1, 0.15) is 22.6 Å². The smallest absolute Gasteiger partial charge is 0.435 e. The van der Waals surface area contributed by atoms with Gasteiger partial charge < -0.3 is 10.1 Å². The Morgan fingerprint density at radius 2 is 1.90 bits per heavy atom. The number of amides is 1. The Balaban J connectivity index is 1.47. The summed E-state index contributed by atoms with van der Waals surface area (Å²) in [5.41, 5.74) is -0.500. The number of carbonyl (C=O) groups is 1. The topological polar surface area (TPSA) is 111 Å². The first-order valence-corrected chi connectivity index (χ1v) is 10.9. The van der Waals surface area contributed by atoms with E-state index < -0.39 is 33.7 Å². The maximum atomic E-state index is 12.6. The molecular formula is C19H15F3N4O4S. The lowest BCUT2D eigenvalue weighted by Crippen LogP contribution is -2.36. The van der Waals surface area contributed by atoms with E-state index in [0.29, 0.717) is 23.1 Å². The van der Waals surface area contributed by atoms with Gasteiger partial charge in [-0.25, -0.2) is 13.4 Å². The van der Waals surface area contributed by atoms with Gasteiger partial charge in [0.1, 0.15) is 11.4 Å². The molecule has 0 saturated carbocycles. The van der Waals surface area contributed by atoms with E-state index in [0.717, 1.165) is 12.1 Å². The van der Waals surface area contributed by atoms with E-state index in [4.69, 9.17) is 4.74 Å². The van der Waals surface area contributed by atoms with E-state index in [-0.39, 0.29) is 23.1 Å². The fourth-order valence-electron chi connectivity index (χ4n) is 3.11. The highest BCUT2D eigenvalue weighted by molar-refractivity contribution is 7.91. The fraction of sp³-hybridized carbons (Fsp3) is 0.263. The van der Waals surface area contributed by atoms with Crippen LogP contribution in [0.2, 0.25) is 0 Å². The molecule has 1 atom stereocenters. The molecule has 8 nitrogen and oxygen atoms in total. The third-order valence-electron chi connectivity index (χ3n) is 4.61. The van der Waals surface area contributed by atoms with Crippen molar-refractivity contribution in [1.82, 2.24) is 20.5 Å². The summed E-state index contributed by atoms with van der Waals surface area (Å²) in [5, 5.41) is 9.81. The van der Waals surface area contributed by atoms with Gasteiger partial charge in [-0.3, -0.25) is 4.79 Å². The predicted molar refractivity (Wildman–Crippen MR) is 103 cm³/mol. The van der Waals surface area contributed by atoms with Gasteiger partial charge in [-0.2, -0.15) is 13.2 Å². The van der Waals surface area contributed by atoms with Gasteiger partial charge in [-0.15, -0.1) is 10.2 Å². The van der Waals surface area contributed by atoms with Crippen molar-refractivity contribution in [2.45, 2.75) is 18.6 Å². The molecule has 162 valence electrons. The van der Waals surface area contributed by atoms with Crippen molar-refractivity contribution in [2.75, 3.05) is 11.5 Å². The van der Waals surface area contributed by atoms with E-state index in [1.807, 2.05) is 0 Å². The number of halogens is 3. The van der Waals surface area contributed by atoms with Gasteiger partial charge in [0.25, 0.3) is 5.91 Å². The van der Waals surface area contributed by atoms with Gasteiger partial charge in [-0.05, 0) is 36.8 Å². The number of sulfone groups is 1. The second-order valence-electron chi connectivity index (χ2n) is 6.98. The third-order valence-corrected chi connectivity index (χ3v) is 6.38. The van der Waals surface area contributed by atoms with Crippen molar-refractivity contribution in [2.24, 2.45) is 0 Å². The number of alkyl halides is 3. The molecule has 3 aromatic rings. The highest BCUT2D eigenvalue weighted by atomic mass is 32.2. The summed E-state index contributed by atoms with van der Waals surface area (Å²) in [4.78, 5) is 16.6. The molecule has 0 spiro atoms. The Labute approximate surface area is 174 Å². The van der Waals surface area contributed by atoms with Crippen LogP contribution in [-0.2, 0) is 16.0 Å². The minimum absolute atomic E-state index is 0.0508. The molecule has 1 aromatic carbocycles. The molecule has 3 heterocycles. The monoisotopic (exact) mass is 452 g/mol. The number of nitrogens with one attached hydrogen (secondary N) is 1. The Kier molecular flexibility index (Phi) is 5.25. The van der Waals surface area contributed by atoms with E-state index in [2.05, 4.69) is 20.5 Å². The van der Waals surface area contributed by atoms with Crippen LogP contribution < -0.4 is 10.1 Å². The van der Waals surface area contributed by atoms with Crippen LogP contribution in [0.3, 0.4) is 0 Å². The first-order chi connectivity index (χ1) is 14.6. The molecular weight excluding hydrogens is 437 g/mol. The average molecular weight is 452 g/mol. The largest absolute Gasteiger partial charge is 0.438 e. The Bertz CT molecular complexity index is 1250. The van der Waals surface area contributed by atoms with Crippen molar-refractivity contribution >= 4 is 26.6 Å². The number of pyridine rings is 1. The zero-order chi connectivity index (χ0) is 22.2. The molecule has 0 radical (unpaired) electrons. The number of ether oxygens (including phenoxy) is 1. The minimum atomic E-state index is -4.59. The highest BCUT2D eigenvalue weighted by Crippen LogP contribution is 2.29. The van der Waals surface area contributed by atoms with Crippen molar-refractivity contribution in [1.29, 1.82) is 0 Å². The van der Waals surface area contributed by atoms with Crippen LogP contribution in [0.15, 0.2) is 42.5 Å². The van der Waals surface area contributed by atoms with Crippen LogP contribution in [0.5, 0.6) is 11.6 Å². The summed E-state index contributed by atoms with van der Waals surface area (Å²) in [7, 11) is -3.11. The number of carbonyl (C=O) groups excluding carboxylic acids is 1. The van der Waals surface area contributed by atoms with Crippen LogP contribution in [0.25, 0.3) is 10.9 Å². The van der Waals surface area contributed by atoms with E-state index in [1.54, 1.807) is 18.2 Å². The molecule has 4 rings (SSSR count). The second kappa shape index (κ2) is 7.76. The molecule has 12 heteroatoms. The van der Waals surface area contributed by atoms with Crippen molar-refractivity contribution in [3.63, 3.8) is 0 Å². The predicted octanol–water partition coefficient (Wildman–Crippen LogP) is 2.75. The van der Waals surface area contributed by atoms with Gasteiger partial charge >= 0.3 is 6.18 Å². The molecule has 1 unspecified atom stereocenters. The number of nitrogens with zero attached hydrogens (tertiary/aromatic N) is 3. The van der Waals surface area contributed by atoms with Crippen LogP contribution in [0.4, 0.5) is 13.2 Å². The minimum Gasteiger partial charge on any atom is -0.438 e. The normalized spacial score (nSPS) is 18.1. The SMILES string of the molecule is O=C(NC1CCS(=O)(=O)C1)c1ccc2cc(Oc3ccc(C(F)(F)F)nn3)ccc2n1. The molecule has 31 heavy (non-hydrogen) atoms. The Hall–Kier alpha value is -3.28. The van der Waals surface area contributed by atoms with Crippen molar-refractivity contribution in [3.8, 4) is 11.6 Å². The third kappa shape index (κ3) is 4.90. The molecule has 0 aliphatic carbocycles. The molecule has 1 aliphatic heterocycles. The number of hydrogen-bond donors (Lipinski definition) is 1. The lowest BCUT2D eigenvalue weighted by Gasteiger charge is -2.11. The lowest BCUT2D eigenvalue weighted by atomic mass is 10.2. The molecule has 1 fully saturated rings. The summed E-state index contributed by atoms with van der Waals surface area (Å²) in [6, 6.07) is 9.22. The van der Waals surface area contributed by atoms with Gasteiger partial charge in [0, 0.05) is 17.5 Å². The number of hydrogen-bond acceptors (Lipinski definition) is 7. The first kappa shape index (κ1) is 21.0. The summed E-state index contributed by atoms with van der Waals surface area (Å²) >= 11 is 0. The summed E-state index contributed by atoms with van der Waals surface area (Å²) in [6.45, 7) is 0. The second-order valence-corrected chi connectivity index (χ2v) is 9.21.